The highest BCUT2D eigenvalue weighted by Gasteiger charge is 2.36. The van der Waals surface area contributed by atoms with E-state index in [1.54, 1.807) is 12.1 Å². The van der Waals surface area contributed by atoms with Crippen LogP contribution in [0.4, 0.5) is 0 Å². The molecule has 2 nitrogen and oxygen atoms in total. The van der Waals surface area contributed by atoms with Crippen molar-refractivity contribution >= 4 is 0 Å². The highest BCUT2D eigenvalue weighted by molar-refractivity contribution is 5.30. The molecule has 0 aliphatic heterocycles. The van der Waals surface area contributed by atoms with Crippen molar-refractivity contribution in [1.82, 2.24) is 0 Å². The van der Waals surface area contributed by atoms with Crippen molar-refractivity contribution in [2.24, 2.45) is 0 Å². The molecule has 0 saturated carbocycles. The Kier molecular flexibility index (Phi) is 5.03. The summed E-state index contributed by atoms with van der Waals surface area (Å²) in [5.74, 6) is 0.258. The van der Waals surface area contributed by atoms with Crippen molar-refractivity contribution in [3.63, 3.8) is 0 Å². The van der Waals surface area contributed by atoms with Crippen LogP contribution in [0.25, 0.3) is 0 Å². The first-order chi connectivity index (χ1) is 10.1. The van der Waals surface area contributed by atoms with E-state index in [-0.39, 0.29) is 11.2 Å². The van der Waals surface area contributed by atoms with Gasteiger partial charge in [-0.3, -0.25) is 0 Å². The van der Waals surface area contributed by atoms with Gasteiger partial charge in [-0.2, -0.15) is 0 Å². The zero-order chi connectivity index (χ0) is 15.3. The fraction of sp³-hybridized carbons (Fsp3) is 0.368. The van der Waals surface area contributed by atoms with Gasteiger partial charge in [0.15, 0.2) is 0 Å². The Morgan fingerprint density at radius 1 is 0.905 bits per heavy atom. The average molecular weight is 284 g/mol. The zero-order valence-corrected chi connectivity index (χ0v) is 12.8. The fourth-order valence-corrected chi connectivity index (χ4v) is 3.14. The summed E-state index contributed by atoms with van der Waals surface area (Å²) in [6, 6.07) is 17.4. The molecule has 1 atom stereocenters. The molecule has 2 heteroatoms. The molecule has 0 aromatic heterocycles. The van der Waals surface area contributed by atoms with Crippen molar-refractivity contribution in [3.05, 3.63) is 65.7 Å². The van der Waals surface area contributed by atoms with Crippen LogP contribution in [-0.4, -0.2) is 16.3 Å². The number of rotatable bonds is 6. The van der Waals surface area contributed by atoms with Crippen LogP contribution in [-0.2, 0) is 11.8 Å². The van der Waals surface area contributed by atoms with Crippen LogP contribution < -0.4 is 0 Å². The quantitative estimate of drug-likeness (QED) is 0.840. The van der Waals surface area contributed by atoms with Crippen molar-refractivity contribution in [3.8, 4) is 5.75 Å². The third-order valence-electron chi connectivity index (χ3n) is 4.61. The van der Waals surface area contributed by atoms with E-state index in [2.05, 4.69) is 26.0 Å². The van der Waals surface area contributed by atoms with Gasteiger partial charge >= 0.3 is 0 Å². The topological polar surface area (TPSA) is 40.5 Å². The number of benzene rings is 2. The Balaban J connectivity index is 2.27. The Hall–Kier alpha value is -1.80. The number of hydrogen-bond donors (Lipinski definition) is 2. The molecule has 112 valence electrons. The van der Waals surface area contributed by atoms with Gasteiger partial charge in [-0.05, 0) is 42.5 Å². The number of phenolic OH excluding ortho intramolecular Hbond substituents is 1. The third-order valence-corrected chi connectivity index (χ3v) is 4.61. The summed E-state index contributed by atoms with van der Waals surface area (Å²) in [5, 5.41) is 20.2. The molecule has 0 bridgehead atoms. The van der Waals surface area contributed by atoms with Gasteiger partial charge in [-0.25, -0.2) is 0 Å². The summed E-state index contributed by atoms with van der Waals surface area (Å²) in [4.78, 5) is 0. The van der Waals surface area contributed by atoms with Crippen LogP contribution in [0.15, 0.2) is 54.6 Å². The van der Waals surface area contributed by atoms with Gasteiger partial charge in [0.2, 0.25) is 0 Å². The van der Waals surface area contributed by atoms with Crippen LogP contribution in [0.3, 0.4) is 0 Å². The second kappa shape index (κ2) is 6.77. The second-order valence-corrected chi connectivity index (χ2v) is 5.62. The van der Waals surface area contributed by atoms with E-state index < -0.39 is 6.10 Å². The zero-order valence-electron chi connectivity index (χ0n) is 12.8. The lowest BCUT2D eigenvalue weighted by Gasteiger charge is -2.37. The van der Waals surface area contributed by atoms with Crippen molar-refractivity contribution in [2.45, 2.75) is 44.6 Å². The lowest BCUT2D eigenvalue weighted by Crippen LogP contribution is -2.40. The number of aliphatic hydroxyl groups excluding tert-OH is 1. The van der Waals surface area contributed by atoms with Gasteiger partial charge in [0.05, 0.1) is 6.10 Å². The smallest absolute Gasteiger partial charge is 0.115 e. The molecule has 0 saturated heterocycles. The predicted octanol–water partition coefficient (Wildman–Crippen LogP) is 4.05. The summed E-state index contributed by atoms with van der Waals surface area (Å²) >= 11 is 0. The van der Waals surface area contributed by atoms with Crippen molar-refractivity contribution < 1.29 is 10.2 Å². The molecular formula is C19H24O2. The average Bonchev–Trinajstić information content (AvgIpc) is 2.52. The SMILES string of the molecule is CCC(CC)(c1ccccc1)C(O)Cc1ccc(O)cc1. The molecular weight excluding hydrogens is 260 g/mol. The third kappa shape index (κ3) is 3.27. The molecule has 21 heavy (non-hydrogen) atoms. The minimum absolute atomic E-state index is 0.223. The summed E-state index contributed by atoms with van der Waals surface area (Å²) < 4.78 is 0. The number of phenols is 1. The summed E-state index contributed by atoms with van der Waals surface area (Å²) in [6.45, 7) is 4.27. The molecule has 0 fully saturated rings. The standard InChI is InChI=1S/C19H24O2/c1-3-19(4-2,16-8-6-5-7-9-16)18(21)14-15-10-12-17(20)13-11-15/h5-13,18,20-21H,3-4,14H2,1-2H3. The maximum absolute atomic E-state index is 10.9. The Morgan fingerprint density at radius 2 is 1.48 bits per heavy atom. The fourth-order valence-electron chi connectivity index (χ4n) is 3.14. The van der Waals surface area contributed by atoms with Gasteiger partial charge < -0.3 is 10.2 Å². The van der Waals surface area contributed by atoms with E-state index in [4.69, 9.17) is 0 Å². The van der Waals surface area contributed by atoms with Gasteiger partial charge in [0.1, 0.15) is 5.75 Å². The molecule has 0 amide bonds. The number of aliphatic hydroxyl groups is 1. The Labute approximate surface area is 127 Å². The van der Waals surface area contributed by atoms with E-state index in [9.17, 15) is 10.2 Å². The maximum atomic E-state index is 10.9. The van der Waals surface area contributed by atoms with E-state index >= 15 is 0 Å². The molecule has 0 aliphatic carbocycles. The lowest BCUT2D eigenvalue weighted by atomic mass is 9.70. The minimum atomic E-state index is -0.445. The van der Waals surface area contributed by atoms with Crippen molar-refractivity contribution in [2.75, 3.05) is 0 Å². The summed E-state index contributed by atoms with van der Waals surface area (Å²) in [7, 11) is 0. The molecule has 0 heterocycles. The normalized spacial score (nSPS) is 13.1. The highest BCUT2D eigenvalue weighted by atomic mass is 16.3. The van der Waals surface area contributed by atoms with Gasteiger partial charge in [-0.15, -0.1) is 0 Å². The first kappa shape index (κ1) is 15.6. The maximum Gasteiger partial charge on any atom is 0.115 e. The number of aromatic hydroxyl groups is 1. The van der Waals surface area contributed by atoms with Gasteiger partial charge in [0.25, 0.3) is 0 Å². The Morgan fingerprint density at radius 3 is 2.00 bits per heavy atom. The van der Waals surface area contributed by atoms with Crippen LogP contribution in [0, 0.1) is 0 Å². The first-order valence-electron chi connectivity index (χ1n) is 7.64. The number of hydrogen-bond acceptors (Lipinski definition) is 2. The molecule has 0 spiro atoms. The lowest BCUT2D eigenvalue weighted by molar-refractivity contribution is 0.0733. The predicted molar refractivity (Wildman–Crippen MR) is 86.5 cm³/mol. The minimum Gasteiger partial charge on any atom is -0.508 e. The van der Waals surface area contributed by atoms with E-state index in [0.29, 0.717) is 6.42 Å². The van der Waals surface area contributed by atoms with Crippen LogP contribution in [0.1, 0.15) is 37.8 Å². The second-order valence-electron chi connectivity index (χ2n) is 5.62. The molecule has 2 rings (SSSR count). The highest BCUT2D eigenvalue weighted by Crippen LogP contribution is 2.36. The molecule has 0 radical (unpaired) electrons. The van der Waals surface area contributed by atoms with Crippen molar-refractivity contribution in [1.29, 1.82) is 0 Å². The van der Waals surface area contributed by atoms with Crippen LogP contribution >= 0.6 is 0 Å². The van der Waals surface area contributed by atoms with E-state index in [0.717, 1.165) is 18.4 Å². The molecule has 2 aromatic rings. The van der Waals surface area contributed by atoms with E-state index in [1.807, 2.05) is 30.3 Å². The molecule has 0 aliphatic rings. The molecule has 2 aromatic carbocycles. The van der Waals surface area contributed by atoms with E-state index in [1.165, 1.54) is 5.56 Å². The largest absolute Gasteiger partial charge is 0.508 e. The monoisotopic (exact) mass is 284 g/mol. The summed E-state index contributed by atoms with van der Waals surface area (Å²) in [5.41, 5.74) is 2.02. The molecule has 2 N–H and O–H groups in total. The van der Waals surface area contributed by atoms with Gasteiger partial charge in [-0.1, -0.05) is 56.3 Å². The van der Waals surface area contributed by atoms with Crippen LogP contribution in [0.5, 0.6) is 5.75 Å². The van der Waals surface area contributed by atoms with Crippen LogP contribution in [0.2, 0.25) is 0 Å². The molecule has 1 unspecified atom stereocenters. The Bertz CT molecular complexity index is 542. The summed E-state index contributed by atoms with van der Waals surface area (Å²) in [6.07, 6.45) is 1.94. The van der Waals surface area contributed by atoms with Gasteiger partial charge in [0, 0.05) is 5.41 Å². The first-order valence-corrected chi connectivity index (χ1v) is 7.64.